The maximum Gasteiger partial charge on any atom is 0.328 e. The van der Waals surface area contributed by atoms with Crippen LogP contribution in [0.2, 0.25) is 0 Å². The number of likely N-dealkylation sites (tertiary alicyclic amines) is 1. The summed E-state index contributed by atoms with van der Waals surface area (Å²) in [7, 11) is 0. The minimum atomic E-state index is -1.26. The highest BCUT2D eigenvalue weighted by Crippen LogP contribution is 2.31. The van der Waals surface area contributed by atoms with Gasteiger partial charge in [0, 0.05) is 50.4 Å². The third-order valence-electron chi connectivity index (χ3n) is 6.32. The van der Waals surface area contributed by atoms with E-state index in [0.717, 1.165) is 36.7 Å². The van der Waals surface area contributed by atoms with Gasteiger partial charge in [-0.05, 0) is 36.0 Å². The number of piperidine rings is 2. The van der Waals surface area contributed by atoms with Crippen LogP contribution in [0.3, 0.4) is 0 Å². The van der Waals surface area contributed by atoms with E-state index in [1.54, 1.807) is 0 Å². The van der Waals surface area contributed by atoms with Crippen molar-refractivity contribution in [1.82, 2.24) is 15.1 Å². The van der Waals surface area contributed by atoms with E-state index in [1.165, 1.54) is 25.1 Å². The van der Waals surface area contributed by atoms with Crippen molar-refractivity contribution < 1.29 is 19.8 Å². The Morgan fingerprint density at radius 2 is 1.36 bits per heavy atom. The first kappa shape index (κ1) is 25.1. The fraction of sp³-hybridized carbons (Fsp3) is 0.286. The van der Waals surface area contributed by atoms with Crippen LogP contribution in [0.5, 0.6) is 0 Å². The third-order valence-corrected chi connectivity index (χ3v) is 6.32. The lowest BCUT2D eigenvalue weighted by Gasteiger charge is -2.46. The molecular weight excluding hydrogens is 456 g/mol. The van der Waals surface area contributed by atoms with Crippen LogP contribution < -0.4 is 4.90 Å². The van der Waals surface area contributed by atoms with Crippen LogP contribution in [-0.4, -0.2) is 63.4 Å². The Hall–Kier alpha value is -4.04. The van der Waals surface area contributed by atoms with E-state index in [1.807, 2.05) is 18.2 Å². The number of aliphatic carboxylic acids is 2. The number of carboxylic acids is 2. The van der Waals surface area contributed by atoms with Gasteiger partial charge in [0.25, 0.3) is 0 Å². The molecule has 8 nitrogen and oxygen atoms in total. The summed E-state index contributed by atoms with van der Waals surface area (Å²) in [6.07, 6.45) is 2.46. The van der Waals surface area contributed by atoms with Crippen molar-refractivity contribution >= 4 is 17.8 Å². The number of fused-ring (bicyclic) bond motifs is 2. The molecule has 2 fully saturated rings. The number of hydrogen-bond acceptors (Lipinski definition) is 6. The summed E-state index contributed by atoms with van der Waals surface area (Å²) in [6, 6.07) is 25.3. The van der Waals surface area contributed by atoms with Gasteiger partial charge in [0.05, 0.1) is 5.69 Å². The average Bonchev–Trinajstić information content (AvgIpc) is 2.88. The Morgan fingerprint density at radius 1 is 0.778 bits per heavy atom. The molecule has 2 unspecified atom stereocenters. The Balaban J connectivity index is 0.000000331. The molecule has 2 saturated heterocycles. The lowest BCUT2D eigenvalue weighted by atomic mass is 9.84. The first-order valence-corrected chi connectivity index (χ1v) is 12.0. The highest BCUT2D eigenvalue weighted by Gasteiger charge is 2.34. The molecule has 2 aromatic carbocycles. The van der Waals surface area contributed by atoms with Crippen LogP contribution in [0.4, 0.5) is 5.82 Å². The van der Waals surface area contributed by atoms with E-state index in [9.17, 15) is 9.59 Å². The second kappa shape index (κ2) is 12.1. The summed E-state index contributed by atoms with van der Waals surface area (Å²) in [5.74, 6) is -0.0654. The molecule has 5 rings (SSSR count). The van der Waals surface area contributed by atoms with Crippen LogP contribution in [0, 0.1) is 11.8 Å². The van der Waals surface area contributed by atoms with Crippen LogP contribution in [0.25, 0.3) is 11.3 Å². The molecule has 3 heterocycles. The van der Waals surface area contributed by atoms with Gasteiger partial charge in [-0.2, -0.15) is 0 Å². The van der Waals surface area contributed by atoms with E-state index in [0.29, 0.717) is 24.0 Å². The first-order valence-electron chi connectivity index (χ1n) is 12.0. The molecule has 0 amide bonds. The molecule has 2 N–H and O–H groups in total. The summed E-state index contributed by atoms with van der Waals surface area (Å²) in [6.45, 7) is 5.59. The predicted molar refractivity (Wildman–Crippen MR) is 137 cm³/mol. The van der Waals surface area contributed by atoms with Crippen LogP contribution in [0.15, 0.2) is 84.9 Å². The molecule has 8 heteroatoms. The zero-order valence-corrected chi connectivity index (χ0v) is 20.0. The van der Waals surface area contributed by atoms with Gasteiger partial charge in [-0.15, -0.1) is 10.2 Å². The van der Waals surface area contributed by atoms with Gasteiger partial charge < -0.3 is 15.1 Å². The van der Waals surface area contributed by atoms with Gasteiger partial charge in [-0.1, -0.05) is 60.7 Å². The normalized spacial score (nSPS) is 19.4. The average molecular weight is 487 g/mol. The minimum absolute atomic E-state index is 0.558. The summed E-state index contributed by atoms with van der Waals surface area (Å²) >= 11 is 0. The number of rotatable bonds is 6. The van der Waals surface area contributed by atoms with Crippen molar-refractivity contribution in [2.24, 2.45) is 11.8 Å². The van der Waals surface area contributed by atoms with Crippen molar-refractivity contribution in [3.8, 4) is 11.3 Å². The Morgan fingerprint density at radius 3 is 1.89 bits per heavy atom. The largest absolute Gasteiger partial charge is 0.478 e. The Bertz CT molecular complexity index is 1140. The van der Waals surface area contributed by atoms with E-state index in [4.69, 9.17) is 10.2 Å². The van der Waals surface area contributed by atoms with E-state index in [-0.39, 0.29) is 0 Å². The van der Waals surface area contributed by atoms with Crippen molar-refractivity contribution in [2.75, 3.05) is 31.1 Å². The summed E-state index contributed by atoms with van der Waals surface area (Å²) in [4.78, 5) is 24.2. The highest BCUT2D eigenvalue weighted by molar-refractivity contribution is 5.89. The number of carboxylic acid groups (broad SMARTS) is 2. The lowest BCUT2D eigenvalue weighted by Crippen LogP contribution is -2.52. The number of anilines is 1. The SMILES string of the molecule is O=C(O)/C=C/C(=O)O.c1ccc(CN2CC3CC(C2)CN(c2ccc(-c4ccccc4)nn2)C3)cc1. The zero-order valence-electron chi connectivity index (χ0n) is 20.0. The zero-order chi connectivity index (χ0) is 25.3. The van der Waals surface area contributed by atoms with E-state index >= 15 is 0 Å². The molecule has 1 aromatic heterocycles. The van der Waals surface area contributed by atoms with Crippen LogP contribution in [-0.2, 0) is 16.1 Å². The molecule has 0 aliphatic carbocycles. The topological polar surface area (TPSA) is 107 Å². The second-order valence-corrected chi connectivity index (χ2v) is 9.21. The van der Waals surface area contributed by atoms with Crippen molar-refractivity contribution in [3.05, 3.63) is 90.5 Å². The predicted octanol–water partition coefficient (Wildman–Crippen LogP) is 3.81. The second-order valence-electron chi connectivity index (χ2n) is 9.21. The van der Waals surface area contributed by atoms with Gasteiger partial charge in [0.2, 0.25) is 0 Å². The molecule has 3 aromatic rings. The number of aromatic nitrogens is 2. The molecule has 2 bridgehead atoms. The molecule has 0 radical (unpaired) electrons. The Labute approximate surface area is 210 Å². The molecule has 2 atom stereocenters. The standard InChI is InChI=1S/C24H26N4.C4H4O4/c1-3-7-19(8-4-1)14-27-15-20-13-21(16-27)18-28(17-20)24-12-11-23(25-26-24)22-9-5-2-6-10-22;5-3(6)1-2-4(7)8/h1-12,20-21H,13-18H2;1-2H,(H,5,6)(H,7,8)/b;2-1+. The molecule has 186 valence electrons. The first-order chi connectivity index (χ1) is 17.5. The molecule has 0 saturated carbocycles. The molecule has 36 heavy (non-hydrogen) atoms. The van der Waals surface area contributed by atoms with Gasteiger partial charge in [-0.3, -0.25) is 4.90 Å². The fourth-order valence-electron chi connectivity index (χ4n) is 4.94. The van der Waals surface area contributed by atoms with Crippen molar-refractivity contribution in [3.63, 3.8) is 0 Å². The summed E-state index contributed by atoms with van der Waals surface area (Å²) in [5.41, 5.74) is 3.48. The Kier molecular flexibility index (Phi) is 8.41. The third kappa shape index (κ3) is 7.23. The van der Waals surface area contributed by atoms with Crippen LogP contribution >= 0.6 is 0 Å². The highest BCUT2D eigenvalue weighted by atomic mass is 16.4. The molecular formula is C28H30N4O4. The molecule has 2 aliphatic heterocycles. The molecule has 2 aliphatic rings. The van der Waals surface area contributed by atoms with E-state index in [2.05, 4.69) is 74.6 Å². The van der Waals surface area contributed by atoms with Crippen molar-refractivity contribution in [1.29, 1.82) is 0 Å². The van der Waals surface area contributed by atoms with Gasteiger partial charge >= 0.3 is 11.9 Å². The quantitative estimate of drug-likeness (QED) is 0.507. The monoisotopic (exact) mass is 486 g/mol. The van der Waals surface area contributed by atoms with Crippen LogP contribution in [0.1, 0.15) is 12.0 Å². The smallest absolute Gasteiger partial charge is 0.328 e. The minimum Gasteiger partial charge on any atom is -0.478 e. The summed E-state index contributed by atoms with van der Waals surface area (Å²) in [5, 5.41) is 24.7. The van der Waals surface area contributed by atoms with Gasteiger partial charge in [-0.25, -0.2) is 9.59 Å². The van der Waals surface area contributed by atoms with Crippen molar-refractivity contribution in [2.45, 2.75) is 13.0 Å². The number of nitrogens with zero attached hydrogens (tertiary/aromatic N) is 4. The summed E-state index contributed by atoms with van der Waals surface area (Å²) < 4.78 is 0. The van der Waals surface area contributed by atoms with Gasteiger partial charge in [0.15, 0.2) is 5.82 Å². The maximum absolute atomic E-state index is 9.55. The maximum atomic E-state index is 9.55. The lowest BCUT2D eigenvalue weighted by molar-refractivity contribution is -0.134. The van der Waals surface area contributed by atoms with Gasteiger partial charge in [0.1, 0.15) is 0 Å². The fourth-order valence-corrected chi connectivity index (χ4v) is 4.94. The van der Waals surface area contributed by atoms with E-state index < -0.39 is 11.9 Å². The molecule has 0 spiro atoms. The number of hydrogen-bond donors (Lipinski definition) is 2. The number of carbonyl (C=O) groups is 2. The number of benzene rings is 2.